The summed E-state index contributed by atoms with van der Waals surface area (Å²) in [5.74, 6) is -10.0. The van der Waals surface area contributed by atoms with Gasteiger partial charge in [0.25, 0.3) is 0 Å². The number of benzene rings is 2. The Morgan fingerprint density at radius 2 is 1.54 bits per heavy atom. The molecule has 1 aliphatic rings. The monoisotopic (exact) mass is 396 g/mol. The Bertz CT molecular complexity index is 1150. The summed E-state index contributed by atoms with van der Waals surface area (Å²) in [5, 5.41) is 0.474. The Hall–Kier alpha value is -2.90. The highest BCUT2D eigenvalue weighted by Gasteiger charge is 2.27. The molecular weight excluding hydrogens is 383 g/mol. The SMILES string of the molecule is Cc1cc(OCc2c(F)c(F)c(F)c(F)c2F)c2c3c(c(=O)oc2c1)CCC3. The number of aryl methyl sites for hydroxylation is 2. The number of ether oxygens (including phenoxy) is 1. The van der Waals surface area contributed by atoms with Gasteiger partial charge in [0, 0.05) is 5.56 Å². The molecule has 0 spiro atoms. The predicted molar refractivity (Wildman–Crippen MR) is 89.8 cm³/mol. The summed E-state index contributed by atoms with van der Waals surface area (Å²) in [6.07, 6.45) is 1.88. The molecule has 8 heteroatoms. The van der Waals surface area contributed by atoms with Crippen LogP contribution in [0.5, 0.6) is 5.75 Å². The van der Waals surface area contributed by atoms with Gasteiger partial charge in [-0.3, -0.25) is 0 Å². The molecule has 1 aromatic heterocycles. The van der Waals surface area contributed by atoms with E-state index in [2.05, 4.69) is 0 Å². The van der Waals surface area contributed by atoms with Crippen molar-refractivity contribution in [3.8, 4) is 5.75 Å². The average molecular weight is 396 g/mol. The van der Waals surface area contributed by atoms with Gasteiger partial charge < -0.3 is 9.15 Å². The van der Waals surface area contributed by atoms with E-state index in [0.717, 1.165) is 12.0 Å². The molecule has 0 N–H and O–H groups in total. The fraction of sp³-hybridized carbons (Fsp3) is 0.250. The number of hydrogen-bond acceptors (Lipinski definition) is 3. The van der Waals surface area contributed by atoms with E-state index in [4.69, 9.17) is 9.15 Å². The highest BCUT2D eigenvalue weighted by atomic mass is 19.2. The molecule has 28 heavy (non-hydrogen) atoms. The number of fused-ring (bicyclic) bond motifs is 3. The lowest BCUT2D eigenvalue weighted by Gasteiger charge is -2.14. The zero-order valence-corrected chi connectivity index (χ0v) is 14.6. The molecule has 0 unspecified atom stereocenters. The lowest BCUT2D eigenvalue weighted by molar-refractivity contribution is 0.281. The molecule has 0 amide bonds. The molecule has 0 saturated carbocycles. The second-order valence-electron chi connectivity index (χ2n) is 6.67. The van der Waals surface area contributed by atoms with Crippen molar-refractivity contribution in [1.82, 2.24) is 0 Å². The third-order valence-corrected chi connectivity index (χ3v) is 4.85. The molecule has 0 aliphatic heterocycles. The van der Waals surface area contributed by atoms with Crippen LogP contribution in [0.25, 0.3) is 11.0 Å². The van der Waals surface area contributed by atoms with Crippen LogP contribution < -0.4 is 10.4 Å². The average Bonchev–Trinajstić information content (AvgIpc) is 3.14. The van der Waals surface area contributed by atoms with Gasteiger partial charge in [-0.05, 0) is 49.4 Å². The van der Waals surface area contributed by atoms with Gasteiger partial charge in [-0.1, -0.05) is 0 Å². The molecule has 0 fully saturated rings. The Kier molecular flexibility index (Phi) is 4.36. The standard InChI is InChI=1S/C20H13F5O3/c1-8-5-12(14-9-3-2-4-10(9)20(26)28-13(14)6-8)27-7-11-15(21)17(23)19(25)18(24)16(11)22/h5-6H,2-4,7H2,1H3. The minimum Gasteiger partial charge on any atom is -0.488 e. The van der Waals surface area contributed by atoms with E-state index in [1.54, 1.807) is 19.1 Å². The second kappa shape index (κ2) is 6.61. The lowest BCUT2D eigenvalue weighted by Crippen LogP contribution is -2.11. The first-order valence-electron chi connectivity index (χ1n) is 8.52. The molecular formula is C20H13F5O3. The molecule has 0 atom stereocenters. The molecule has 1 heterocycles. The Labute approximate surface area is 155 Å². The predicted octanol–water partition coefficient (Wildman–Crippen LogP) is 4.86. The van der Waals surface area contributed by atoms with Crippen LogP contribution in [0.3, 0.4) is 0 Å². The second-order valence-corrected chi connectivity index (χ2v) is 6.67. The fourth-order valence-electron chi connectivity index (χ4n) is 3.55. The first-order chi connectivity index (χ1) is 13.3. The van der Waals surface area contributed by atoms with Crippen LogP contribution in [0.15, 0.2) is 21.3 Å². The smallest absolute Gasteiger partial charge is 0.339 e. The van der Waals surface area contributed by atoms with Crippen molar-refractivity contribution in [3.05, 3.63) is 73.9 Å². The molecule has 3 nitrogen and oxygen atoms in total. The van der Waals surface area contributed by atoms with E-state index in [0.29, 0.717) is 29.4 Å². The summed E-state index contributed by atoms with van der Waals surface area (Å²) in [6, 6.07) is 3.19. The number of halogens is 5. The van der Waals surface area contributed by atoms with Gasteiger partial charge in [0.1, 0.15) is 17.9 Å². The van der Waals surface area contributed by atoms with Crippen LogP contribution in [0.2, 0.25) is 0 Å². The molecule has 146 valence electrons. The molecule has 0 radical (unpaired) electrons. The minimum absolute atomic E-state index is 0.154. The van der Waals surface area contributed by atoms with Crippen LogP contribution >= 0.6 is 0 Å². The van der Waals surface area contributed by atoms with E-state index in [1.165, 1.54) is 0 Å². The van der Waals surface area contributed by atoms with Crippen molar-refractivity contribution in [2.24, 2.45) is 0 Å². The summed E-state index contributed by atoms with van der Waals surface area (Å²) >= 11 is 0. The lowest BCUT2D eigenvalue weighted by atomic mass is 10.0. The van der Waals surface area contributed by atoms with Crippen molar-refractivity contribution in [1.29, 1.82) is 0 Å². The van der Waals surface area contributed by atoms with Crippen LogP contribution in [-0.4, -0.2) is 0 Å². The maximum absolute atomic E-state index is 13.9. The third-order valence-electron chi connectivity index (χ3n) is 4.85. The highest BCUT2D eigenvalue weighted by Crippen LogP contribution is 2.36. The summed E-state index contributed by atoms with van der Waals surface area (Å²) in [6.45, 7) is 0.816. The third kappa shape index (κ3) is 2.75. The first kappa shape index (κ1) is 18.5. The Morgan fingerprint density at radius 1 is 0.929 bits per heavy atom. The van der Waals surface area contributed by atoms with Crippen molar-refractivity contribution in [2.45, 2.75) is 32.8 Å². The Morgan fingerprint density at radius 3 is 2.21 bits per heavy atom. The molecule has 3 aromatic rings. The topological polar surface area (TPSA) is 39.4 Å². The van der Waals surface area contributed by atoms with Gasteiger partial charge in [-0.25, -0.2) is 26.7 Å². The molecule has 0 saturated heterocycles. The molecule has 2 aromatic carbocycles. The van der Waals surface area contributed by atoms with Crippen molar-refractivity contribution >= 4 is 11.0 Å². The van der Waals surface area contributed by atoms with Crippen molar-refractivity contribution in [3.63, 3.8) is 0 Å². The summed E-state index contributed by atoms with van der Waals surface area (Å²) in [5.41, 5.74) is 0.603. The van der Waals surface area contributed by atoms with Crippen LogP contribution in [0.1, 0.15) is 28.7 Å². The van der Waals surface area contributed by atoms with Gasteiger partial charge >= 0.3 is 5.63 Å². The first-order valence-corrected chi connectivity index (χ1v) is 8.52. The van der Waals surface area contributed by atoms with Gasteiger partial charge in [0.05, 0.1) is 10.9 Å². The van der Waals surface area contributed by atoms with Crippen LogP contribution in [0, 0.1) is 36.0 Å². The molecule has 1 aliphatic carbocycles. The maximum atomic E-state index is 13.9. The van der Waals surface area contributed by atoms with Crippen molar-refractivity contribution in [2.75, 3.05) is 0 Å². The van der Waals surface area contributed by atoms with Gasteiger partial charge in [0.2, 0.25) is 5.82 Å². The van der Waals surface area contributed by atoms with Crippen molar-refractivity contribution < 1.29 is 31.1 Å². The maximum Gasteiger partial charge on any atom is 0.339 e. The molecule has 4 rings (SSSR count). The van der Waals surface area contributed by atoms with Crippen LogP contribution in [-0.2, 0) is 19.4 Å². The van der Waals surface area contributed by atoms with E-state index in [-0.39, 0.29) is 11.3 Å². The number of rotatable bonds is 3. The summed E-state index contributed by atoms with van der Waals surface area (Å²) in [7, 11) is 0. The normalized spacial score (nSPS) is 13.2. The van der Waals surface area contributed by atoms with Crippen LogP contribution in [0.4, 0.5) is 22.0 Å². The zero-order chi connectivity index (χ0) is 20.2. The minimum atomic E-state index is -2.22. The van der Waals surface area contributed by atoms with Gasteiger partial charge in [-0.2, -0.15) is 0 Å². The fourth-order valence-corrected chi connectivity index (χ4v) is 3.55. The highest BCUT2D eigenvalue weighted by molar-refractivity contribution is 5.88. The van der Waals surface area contributed by atoms with E-state index in [9.17, 15) is 26.7 Å². The number of hydrogen-bond donors (Lipinski definition) is 0. The quantitative estimate of drug-likeness (QED) is 0.275. The zero-order valence-electron chi connectivity index (χ0n) is 14.6. The van der Waals surface area contributed by atoms with Gasteiger partial charge in [0.15, 0.2) is 23.3 Å². The van der Waals surface area contributed by atoms with E-state index < -0.39 is 46.9 Å². The van der Waals surface area contributed by atoms with Gasteiger partial charge in [-0.15, -0.1) is 0 Å². The van der Waals surface area contributed by atoms with E-state index in [1.807, 2.05) is 0 Å². The summed E-state index contributed by atoms with van der Waals surface area (Å²) < 4.78 is 78.6. The Balaban J connectivity index is 1.82. The summed E-state index contributed by atoms with van der Waals surface area (Å²) in [4.78, 5) is 12.1. The largest absolute Gasteiger partial charge is 0.488 e. The molecule has 0 bridgehead atoms. The van der Waals surface area contributed by atoms with E-state index >= 15 is 0 Å².